The van der Waals surface area contributed by atoms with Gasteiger partial charge in [0.15, 0.2) is 5.65 Å². The average Bonchev–Trinajstić information content (AvgIpc) is 3.30. The van der Waals surface area contributed by atoms with Crippen LogP contribution in [0.4, 0.5) is 5.69 Å². The molecule has 8 nitrogen and oxygen atoms in total. The monoisotopic (exact) mass is 412 g/mol. The molecule has 1 N–H and O–H groups in total. The molecule has 8 heteroatoms. The summed E-state index contributed by atoms with van der Waals surface area (Å²) < 4.78 is 4.28. The van der Waals surface area contributed by atoms with E-state index in [2.05, 4.69) is 15.5 Å². The molecular formula is C23H20N6O2. The van der Waals surface area contributed by atoms with Crippen molar-refractivity contribution in [3.8, 4) is 11.3 Å². The molecule has 3 heterocycles. The average molecular weight is 412 g/mol. The van der Waals surface area contributed by atoms with Crippen LogP contribution in [0.2, 0.25) is 0 Å². The number of nitrogens with zero attached hydrogens (tertiary/aromatic N) is 5. The number of hydrogen-bond acceptors (Lipinski definition) is 4. The predicted molar refractivity (Wildman–Crippen MR) is 118 cm³/mol. The van der Waals surface area contributed by atoms with E-state index in [9.17, 15) is 9.59 Å². The zero-order chi connectivity index (χ0) is 21.5. The van der Waals surface area contributed by atoms with Crippen LogP contribution >= 0.6 is 0 Å². The van der Waals surface area contributed by atoms with Crippen LogP contribution in [0.15, 0.2) is 71.8 Å². The fourth-order valence-electron chi connectivity index (χ4n) is 3.77. The molecule has 31 heavy (non-hydrogen) atoms. The second-order valence-corrected chi connectivity index (χ2v) is 7.58. The van der Waals surface area contributed by atoms with Gasteiger partial charge in [-0.2, -0.15) is 5.10 Å². The molecule has 0 spiro atoms. The number of aromatic nitrogens is 5. The number of carbonyl (C=O) groups is 1. The molecule has 0 bridgehead atoms. The van der Waals surface area contributed by atoms with E-state index in [0.717, 1.165) is 22.4 Å². The van der Waals surface area contributed by atoms with Gasteiger partial charge in [-0.1, -0.05) is 36.4 Å². The van der Waals surface area contributed by atoms with Gasteiger partial charge in [-0.25, -0.2) is 18.4 Å². The Balaban J connectivity index is 1.49. The van der Waals surface area contributed by atoms with Crippen LogP contribution in [0.5, 0.6) is 0 Å². The summed E-state index contributed by atoms with van der Waals surface area (Å²) in [5.74, 6) is -0.315. The molecule has 154 valence electrons. The van der Waals surface area contributed by atoms with Crippen molar-refractivity contribution in [2.24, 2.45) is 0 Å². The SMILES string of the molecule is Cc1cc(C)cc(NC(=O)Cn2nc3c4cc(-c5ccccc5)nn4ccn3c2=O)c1. The number of anilines is 1. The standard InChI is InChI=1S/C23H20N6O2/c1-15-10-16(2)12-18(11-15)24-21(30)14-29-23(31)27-8-9-28-20(22(27)26-29)13-19(25-28)17-6-4-3-5-7-17/h3-13H,14H2,1-2H3,(H,24,30). The number of rotatable bonds is 4. The normalized spacial score (nSPS) is 11.3. The van der Waals surface area contributed by atoms with Crippen LogP contribution in [0.1, 0.15) is 11.1 Å². The molecule has 0 aliphatic rings. The van der Waals surface area contributed by atoms with Gasteiger partial charge in [0.25, 0.3) is 0 Å². The van der Waals surface area contributed by atoms with Gasteiger partial charge in [0, 0.05) is 23.6 Å². The van der Waals surface area contributed by atoms with Crippen LogP contribution < -0.4 is 11.0 Å². The third kappa shape index (κ3) is 3.48. The molecule has 0 fully saturated rings. The van der Waals surface area contributed by atoms with Crippen molar-refractivity contribution in [3.63, 3.8) is 0 Å². The van der Waals surface area contributed by atoms with Gasteiger partial charge in [0.1, 0.15) is 12.1 Å². The molecule has 2 aromatic carbocycles. The van der Waals surface area contributed by atoms with Crippen LogP contribution in [0, 0.1) is 13.8 Å². The minimum absolute atomic E-state index is 0.181. The number of benzene rings is 2. The Kier molecular flexibility index (Phi) is 4.39. The number of nitrogens with one attached hydrogen (secondary N) is 1. The number of fused-ring (bicyclic) bond motifs is 3. The lowest BCUT2D eigenvalue weighted by molar-refractivity contribution is -0.117. The number of carbonyl (C=O) groups excluding carboxylic acids is 1. The van der Waals surface area contributed by atoms with Crippen molar-refractivity contribution in [3.05, 3.63) is 88.6 Å². The van der Waals surface area contributed by atoms with E-state index in [-0.39, 0.29) is 18.1 Å². The maximum absolute atomic E-state index is 12.8. The molecule has 0 radical (unpaired) electrons. The highest BCUT2D eigenvalue weighted by Gasteiger charge is 2.15. The smallest absolute Gasteiger partial charge is 0.324 e. The van der Waals surface area contributed by atoms with Crippen molar-refractivity contribution in [2.75, 3.05) is 5.32 Å². The number of amides is 1. The topological polar surface area (TPSA) is 85.7 Å². The molecule has 0 unspecified atom stereocenters. The van der Waals surface area contributed by atoms with E-state index in [1.807, 2.05) is 68.4 Å². The molecular weight excluding hydrogens is 392 g/mol. The van der Waals surface area contributed by atoms with Crippen molar-refractivity contribution in [1.82, 2.24) is 23.8 Å². The fourth-order valence-corrected chi connectivity index (χ4v) is 3.77. The summed E-state index contributed by atoms with van der Waals surface area (Å²) in [6, 6.07) is 17.5. The van der Waals surface area contributed by atoms with Gasteiger partial charge in [-0.05, 0) is 43.2 Å². The van der Waals surface area contributed by atoms with Crippen molar-refractivity contribution >= 4 is 22.8 Å². The maximum atomic E-state index is 12.8. The first-order valence-electron chi connectivity index (χ1n) is 9.89. The van der Waals surface area contributed by atoms with Crippen LogP contribution in [-0.2, 0) is 11.3 Å². The summed E-state index contributed by atoms with van der Waals surface area (Å²) in [7, 11) is 0. The fraction of sp³-hybridized carbons (Fsp3) is 0.130. The highest BCUT2D eigenvalue weighted by molar-refractivity contribution is 5.90. The third-order valence-corrected chi connectivity index (χ3v) is 5.06. The van der Waals surface area contributed by atoms with E-state index in [1.165, 1.54) is 9.08 Å². The van der Waals surface area contributed by atoms with Crippen LogP contribution in [0.25, 0.3) is 22.4 Å². The van der Waals surface area contributed by atoms with Gasteiger partial charge >= 0.3 is 5.69 Å². The van der Waals surface area contributed by atoms with Crippen molar-refractivity contribution in [1.29, 1.82) is 0 Å². The second kappa shape index (κ2) is 7.24. The Hall–Kier alpha value is -4.20. The lowest BCUT2D eigenvalue weighted by atomic mass is 10.1. The van der Waals surface area contributed by atoms with Crippen molar-refractivity contribution in [2.45, 2.75) is 20.4 Å². The largest absolute Gasteiger partial charge is 0.350 e. The quantitative estimate of drug-likeness (QED) is 0.492. The Morgan fingerprint density at radius 2 is 1.71 bits per heavy atom. The van der Waals surface area contributed by atoms with Crippen LogP contribution in [0.3, 0.4) is 0 Å². The minimum Gasteiger partial charge on any atom is -0.324 e. The minimum atomic E-state index is -0.379. The molecule has 0 aliphatic carbocycles. The van der Waals surface area contributed by atoms with E-state index in [0.29, 0.717) is 16.9 Å². The Labute approximate surface area is 177 Å². The van der Waals surface area contributed by atoms with E-state index in [1.54, 1.807) is 16.9 Å². The Bertz CT molecular complexity index is 1470. The van der Waals surface area contributed by atoms with Gasteiger partial charge in [0.05, 0.1) is 5.69 Å². The molecule has 0 saturated heterocycles. The maximum Gasteiger partial charge on any atom is 0.350 e. The first-order chi connectivity index (χ1) is 15.0. The first-order valence-corrected chi connectivity index (χ1v) is 9.89. The molecule has 1 amide bonds. The second-order valence-electron chi connectivity index (χ2n) is 7.58. The third-order valence-electron chi connectivity index (χ3n) is 5.06. The van der Waals surface area contributed by atoms with E-state index >= 15 is 0 Å². The lowest BCUT2D eigenvalue weighted by Crippen LogP contribution is -2.28. The zero-order valence-corrected chi connectivity index (χ0v) is 17.1. The van der Waals surface area contributed by atoms with Gasteiger partial charge in [0.2, 0.25) is 5.91 Å². The highest BCUT2D eigenvalue weighted by atomic mass is 16.2. The predicted octanol–water partition coefficient (Wildman–Crippen LogP) is 3.07. The molecule has 0 atom stereocenters. The summed E-state index contributed by atoms with van der Waals surface area (Å²) in [6.45, 7) is 3.75. The van der Waals surface area contributed by atoms with Crippen LogP contribution in [-0.4, -0.2) is 29.7 Å². The molecule has 5 aromatic rings. The van der Waals surface area contributed by atoms with Crippen molar-refractivity contribution < 1.29 is 4.79 Å². The first kappa shape index (κ1) is 18.8. The molecule has 3 aromatic heterocycles. The summed E-state index contributed by atoms with van der Waals surface area (Å²) in [6.07, 6.45) is 3.32. The number of aryl methyl sites for hydroxylation is 2. The summed E-state index contributed by atoms with van der Waals surface area (Å²) in [5, 5.41) is 11.8. The van der Waals surface area contributed by atoms with Gasteiger partial charge in [-0.3, -0.25) is 4.79 Å². The summed E-state index contributed by atoms with van der Waals surface area (Å²) >= 11 is 0. The summed E-state index contributed by atoms with van der Waals surface area (Å²) in [4.78, 5) is 25.3. The van der Waals surface area contributed by atoms with Gasteiger partial charge in [-0.15, -0.1) is 5.10 Å². The van der Waals surface area contributed by atoms with E-state index < -0.39 is 0 Å². The summed E-state index contributed by atoms with van der Waals surface area (Å²) in [5.41, 5.74) is 5.31. The number of hydrogen-bond donors (Lipinski definition) is 1. The van der Waals surface area contributed by atoms with Gasteiger partial charge < -0.3 is 5.32 Å². The Morgan fingerprint density at radius 3 is 2.45 bits per heavy atom. The highest BCUT2D eigenvalue weighted by Crippen LogP contribution is 2.21. The van der Waals surface area contributed by atoms with E-state index in [4.69, 9.17) is 0 Å². The lowest BCUT2D eigenvalue weighted by Gasteiger charge is -2.07. The Morgan fingerprint density at radius 1 is 0.968 bits per heavy atom. The zero-order valence-electron chi connectivity index (χ0n) is 17.1. The molecule has 0 saturated carbocycles. The molecule has 0 aliphatic heterocycles. The molecule has 5 rings (SSSR count).